The van der Waals surface area contributed by atoms with Gasteiger partial charge in [0.1, 0.15) is 0 Å². The Morgan fingerprint density at radius 2 is 1.83 bits per heavy atom. The Bertz CT molecular complexity index is 815. The Labute approximate surface area is 138 Å². The molecule has 1 unspecified atom stereocenters. The molecule has 0 N–H and O–H groups in total. The van der Waals surface area contributed by atoms with Gasteiger partial charge in [0, 0.05) is 17.9 Å². The number of hydrogen-bond donors (Lipinski definition) is 0. The van der Waals surface area contributed by atoms with Gasteiger partial charge in [0.25, 0.3) is 0 Å². The molecule has 1 nitrogen and oxygen atoms in total. The molecule has 1 heteroatoms. The Morgan fingerprint density at radius 1 is 1.09 bits per heavy atom. The Morgan fingerprint density at radius 3 is 2.52 bits per heavy atom. The summed E-state index contributed by atoms with van der Waals surface area (Å²) >= 11 is 0. The number of Topliss-reactive ketones (excluding diaryl/α,β-unsaturated/α-hetero) is 1. The van der Waals surface area contributed by atoms with Gasteiger partial charge in [-0.05, 0) is 21.8 Å². The summed E-state index contributed by atoms with van der Waals surface area (Å²) in [5.41, 5.74) is 3.51. The first-order chi connectivity index (χ1) is 10.9. The lowest BCUT2D eigenvalue weighted by Gasteiger charge is -2.28. The van der Waals surface area contributed by atoms with Gasteiger partial charge in [-0.1, -0.05) is 87.9 Å². The van der Waals surface area contributed by atoms with E-state index < -0.39 is 0 Å². The molecule has 118 valence electrons. The van der Waals surface area contributed by atoms with E-state index in [0.717, 1.165) is 21.9 Å². The van der Waals surface area contributed by atoms with Gasteiger partial charge < -0.3 is 0 Å². The average Bonchev–Trinajstić information content (AvgIpc) is 3.02. The number of hydrogen-bond acceptors (Lipinski definition) is 1. The molecule has 0 bridgehead atoms. The number of carbonyl (C=O) groups excluding carboxylic acids is 1. The minimum absolute atomic E-state index is 0.0896. The Balaban J connectivity index is 2.24. The standard InChI is InChI=1S/C22H24O/c1-5-20(23)21-16-10-7-6-9-15(16)13-14-18(21)17-11-8-12-19(17)22(2,3)4/h6-14,17H,5H2,1-4H3. The molecular formula is C22H24O. The van der Waals surface area contributed by atoms with Gasteiger partial charge in [0.15, 0.2) is 5.78 Å². The number of rotatable bonds is 3. The maximum atomic E-state index is 12.7. The van der Waals surface area contributed by atoms with Crippen LogP contribution in [0.4, 0.5) is 0 Å². The van der Waals surface area contributed by atoms with E-state index in [1.54, 1.807) is 0 Å². The fraction of sp³-hybridized carbons (Fsp3) is 0.318. The third kappa shape index (κ3) is 2.76. The van der Waals surface area contributed by atoms with Gasteiger partial charge in [0.2, 0.25) is 0 Å². The van der Waals surface area contributed by atoms with Crippen molar-refractivity contribution in [2.75, 3.05) is 0 Å². The van der Waals surface area contributed by atoms with Crippen LogP contribution in [0.5, 0.6) is 0 Å². The second kappa shape index (κ2) is 5.81. The largest absolute Gasteiger partial charge is 0.294 e. The lowest BCUT2D eigenvalue weighted by atomic mass is 9.75. The Kier molecular flexibility index (Phi) is 3.97. The predicted octanol–water partition coefficient (Wildman–Crippen LogP) is 6.06. The second-order valence-corrected chi connectivity index (χ2v) is 7.26. The zero-order valence-corrected chi connectivity index (χ0v) is 14.4. The molecule has 0 amide bonds. The average molecular weight is 304 g/mol. The van der Waals surface area contributed by atoms with Crippen molar-refractivity contribution in [3.63, 3.8) is 0 Å². The summed E-state index contributed by atoms with van der Waals surface area (Å²) in [6.45, 7) is 8.66. The molecule has 1 aliphatic carbocycles. The highest BCUT2D eigenvalue weighted by Gasteiger charge is 2.29. The Hall–Kier alpha value is -2.15. The van der Waals surface area contributed by atoms with Crippen LogP contribution in [-0.2, 0) is 0 Å². The monoisotopic (exact) mass is 304 g/mol. The van der Waals surface area contributed by atoms with E-state index in [9.17, 15) is 4.79 Å². The van der Waals surface area contributed by atoms with Crippen molar-refractivity contribution >= 4 is 16.6 Å². The van der Waals surface area contributed by atoms with Gasteiger partial charge in [-0.2, -0.15) is 0 Å². The quantitative estimate of drug-likeness (QED) is 0.630. The van der Waals surface area contributed by atoms with E-state index in [2.05, 4.69) is 63.3 Å². The highest BCUT2D eigenvalue weighted by molar-refractivity contribution is 6.09. The van der Waals surface area contributed by atoms with Gasteiger partial charge >= 0.3 is 0 Å². The first kappa shape index (κ1) is 15.7. The fourth-order valence-corrected chi connectivity index (χ4v) is 3.50. The van der Waals surface area contributed by atoms with Crippen LogP contribution in [0.15, 0.2) is 60.2 Å². The molecule has 0 aliphatic heterocycles. The molecule has 0 heterocycles. The van der Waals surface area contributed by atoms with Crippen LogP contribution >= 0.6 is 0 Å². The summed E-state index contributed by atoms with van der Waals surface area (Å²) < 4.78 is 0. The van der Waals surface area contributed by atoms with Crippen LogP contribution in [-0.4, -0.2) is 5.78 Å². The molecule has 0 fully saturated rings. The van der Waals surface area contributed by atoms with E-state index >= 15 is 0 Å². The molecule has 0 radical (unpaired) electrons. The fourth-order valence-electron chi connectivity index (χ4n) is 3.50. The summed E-state index contributed by atoms with van der Waals surface area (Å²) in [6.07, 6.45) is 7.09. The first-order valence-corrected chi connectivity index (χ1v) is 8.37. The molecule has 3 rings (SSSR count). The van der Waals surface area contributed by atoms with E-state index in [1.165, 1.54) is 5.57 Å². The lowest BCUT2D eigenvalue weighted by Crippen LogP contribution is -2.16. The van der Waals surface area contributed by atoms with Crippen LogP contribution in [0.2, 0.25) is 0 Å². The molecule has 23 heavy (non-hydrogen) atoms. The maximum absolute atomic E-state index is 12.7. The summed E-state index contributed by atoms with van der Waals surface area (Å²) in [4.78, 5) is 12.7. The van der Waals surface area contributed by atoms with Crippen molar-refractivity contribution in [3.05, 3.63) is 71.3 Å². The molecule has 0 aromatic heterocycles. The normalized spacial score (nSPS) is 17.6. The van der Waals surface area contributed by atoms with Crippen molar-refractivity contribution < 1.29 is 4.79 Å². The minimum atomic E-state index is 0.0896. The van der Waals surface area contributed by atoms with Crippen molar-refractivity contribution in [2.24, 2.45) is 5.41 Å². The number of ketones is 1. The minimum Gasteiger partial charge on any atom is -0.294 e. The highest BCUT2D eigenvalue weighted by Crippen LogP contribution is 2.43. The van der Waals surface area contributed by atoms with Crippen molar-refractivity contribution in [2.45, 2.75) is 40.0 Å². The number of carbonyl (C=O) groups is 1. The van der Waals surface area contributed by atoms with Gasteiger partial charge in [-0.3, -0.25) is 4.79 Å². The van der Waals surface area contributed by atoms with Gasteiger partial charge in [-0.15, -0.1) is 0 Å². The molecule has 0 spiro atoms. The number of benzene rings is 2. The molecular weight excluding hydrogens is 280 g/mol. The van der Waals surface area contributed by atoms with Crippen molar-refractivity contribution in [3.8, 4) is 0 Å². The maximum Gasteiger partial charge on any atom is 0.163 e. The van der Waals surface area contributed by atoms with Crippen LogP contribution < -0.4 is 0 Å². The third-order valence-electron chi connectivity index (χ3n) is 4.68. The van der Waals surface area contributed by atoms with Crippen LogP contribution in [0.25, 0.3) is 10.8 Å². The number of fused-ring (bicyclic) bond motifs is 1. The van der Waals surface area contributed by atoms with Crippen molar-refractivity contribution in [1.29, 1.82) is 0 Å². The molecule has 1 atom stereocenters. The highest BCUT2D eigenvalue weighted by atomic mass is 16.1. The van der Waals surface area contributed by atoms with E-state index in [0.29, 0.717) is 6.42 Å². The summed E-state index contributed by atoms with van der Waals surface area (Å²) in [6, 6.07) is 12.5. The van der Waals surface area contributed by atoms with E-state index in [4.69, 9.17) is 0 Å². The lowest BCUT2D eigenvalue weighted by molar-refractivity contribution is 0.0988. The summed E-state index contributed by atoms with van der Waals surface area (Å²) in [5.74, 6) is 0.426. The van der Waals surface area contributed by atoms with Crippen LogP contribution in [0.3, 0.4) is 0 Å². The molecule has 0 saturated carbocycles. The molecule has 1 aliphatic rings. The first-order valence-electron chi connectivity index (χ1n) is 8.37. The number of allylic oxidation sites excluding steroid dienone is 4. The third-order valence-corrected chi connectivity index (χ3v) is 4.68. The molecule has 0 saturated heterocycles. The van der Waals surface area contributed by atoms with Crippen LogP contribution in [0, 0.1) is 5.41 Å². The van der Waals surface area contributed by atoms with E-state index in [-0.39, 0.29) is 17.1 Å². The van der Waals surface area contributed by atoms with Gasteiger partial charge in [-0.25, -0.2) is 0 Å². The SMILES string of the molecule is CCC(=O)c1c(C2C=CC=C2C(C)(C)C)ccc2ccccc12. The van der Waals surface area contributed by atoms with Crippen molar-refractivity contribution in [1.82, 2.24) is 0 Å². The van der Waals surface area contributed by atoms with Crippen LogP contribution in [0.1, 0.15) is 56.0 Å². The summed E-state index contributed by atoms with van der Waals surface area (Å²) in [7, 11) is 0. The molecule has 2 aromatic rings. The predicted molar refractivity (Wildman–Crippen MR) is 98.0 cm³/mol. The zero-order chi connectivity index (χ0) is 16.6. The molecule has 2 aromatic carbocycles. The summed E-state index contributed by atoms with van der Waals surface area (Å²) in [5, 5.41) is 2.21. The smallest absolute Gasteiger partial charge is 0.163 e. The second-order valence-electron chi connectivity index (χ2n) is 7.26. The van der Waals surface area contributed by atoms with Gasteiger partial charge in [0.05, 0.1) is 0 Å². The van der Waals surface area contributed by atoms with E-state index in [1.807, 2.05) is 19.1 Å². The topological polar surface area (TPSA) is 17.1 Å². The zero-order valence-electron chi connectivity index (χ0n) is 14.4.